The third kappa shape index (κ3) is 4.13. The first-order chi connectivity index (χ1) is 13.6. The fourth-order valence-electron chi connectivity index (χ4n) is 4.49. The summed E-state index contributed by atoms with van der Waals surface area (Å²) in [6.45, 7) is 3.61. The molecule has 4 rings (SSSR count). The number of hydrogen-bond acceptors (Lipinski definition) is 5. The largest absolute Gasteiger partial charge is 0.340 e. The van der Waals surface area contributed by atoms with E-state index in [1.165, 1.54) is 6.42 Å². The Morgan fingerprint density at radius 3 is 2.68 bits per heavy atom. The Hall–Kier alpha value is -2.18. The molecule has 28 heavy (non-hydrogen) atoms. The van der Waals surface area contributed by atoms with Crippen molar-refractivity contribution in [2.24, 2.45) is 5.92 Å². The quantitative estimate of drug-likeness (QED) is 0.702. The summed E-state index contributed by atoms with van der Waals surface area (Å²) in [6, 6.07) is 0.0718. The summed E-state index contributed by atoms with van der Waals surface area (Å²) in [5.41, 5.74) is 0. The third-order valence-corrected chi connectivity index (χ3v) is 6.43. The molecule has 1 aromatic heterocycles. The van der Waals surface area contributed by atoms with E-state index >= 15 is 0 Å². The number of carbonyl (C=O) groups is 2. The second-order valence-electron chi connectivity index (χ2n) is 8.36. The van der Waals surface area contributed by atoms with Crippen LogP contribution in [0.4, 0.5) is 0 Å². The Morgan fingerprint density at radius 2 is 2.00 bits per heavy atom. The first-order valence-corrected chi connectivity index (χ1v) is 10.7. The molecule has 2 heterocycles. The molecule has 2 amide bonds. The van der Waals surface area contributed by atoms with E-state index < -0.39 is 0 Å². The van der Waals surface area contributed by atoms with Crippen molar-refractivity contribution in [3.8, 4) is 0 Å². The number of nitrogens with zero attached hydrogens (tertiary/aromatic N) is 4. The maximum absolute atomic E-state index is 12.8. The highest BCUT2D eigenvalue weighted by Crippen LogP contribution is 2.35. The molecule has 0 bridgehead atoms. The van der Waals surface area contributed by atoms with Gasteiger partial charge in [0.1, 0.15) is 0 Å². The third-order valence-electron chi connectivity index (χ3n) is 6.43. The van der Waals surface area contributed by atoms with Crippen molar-refractivity contribution >= 4 is 11.8 Å². The van der Waals surface area contributed by atoms with Gasteiger partial charge in [0, 0.05) is 50.9 Å². The maximum Gasteiger partial charge on any atom is 0.229 e. The van der Waals surface area contributed by atoms with Gasteiger partial charge in [0.15, 0.2) is 5.82 Å². The molecule has 0 N–H and O–H groups in total. The number of likely N-dealkylation sites (tertiary alicyclic amines) is 1. The predicted octanol–water partition coefficient (Wildman–Crippen LogP) is 2.69. The molecule has 7 heteroatoms. The van der Waals surface area contributed by atoms with Crippen molar-refractivity contribution in [3.63, 3.8) is 0 Å². The standard InChI is InChI=1S/C21H30N4O3/c1-15(26)25(13-11-19-22-20(28-23-19)16-8-4-9-16)18-10-5-12-24(14-18)21(27)17-6-2-3-7-17/h2-3,16-18H,4-14H2,1H3. The second kappa shape index (κ2) is 8.45. The molecule has 0 radical (unpaired) electrons. The zero-order valence-electron chi connectivity index (χ0n) is 16.7. The molecule has 1 atom stereocenters. The van der Waals surface area contributed by atoms with Crippen LogP contribution in [0.15, 0.2) is 16.7 Å². The van der Waals surface area contributed by atoms with E-state index in [1.54, 1.807) is 6.92 Å². The van der Waals surface area contributed by atoms with Crippen molar-refractivity contribution in [3.05, 3.63) is 23.9 Å². The minimum absolute atomic E-state index is 0.0459. The first kappa shape index (κ1) is 19.2. The Morgan fingerprint density at radius 1 is 1.21 bits per heavy atom. The SMILES string of the molecule is CC(=O)N(CCc1noc(C2CCC2)n1)C1CCCN(C(=O)C2CC=CC2)C1. The molecule has 1 aliphatic heterocycles. The monoisotopic (exact) mass is 386 g/mol. The molecule has 1 aromatic rings. The average molecular weight is 386 g/mol. The molecule has 1 saturated carbocycles. The molecule has 0 spiro atoms. The van der Waals surface area contributed by atoms with Gasteiger partial charge in [0.25, 0.3) is 0 Å². The lowest BCUT2D eigenvalue weighted by atomic mass is 9.85. The number of piperidine rings is 1. The lowest BCUT2D eigenvalue weighted by Crippen LogP contribution is -2.52. The fraction of sp³-hybridized carbons (Fsp3) is 0.714. The maximum atomic E-state index is 12.8. The summed E-state index contributed by atoms with van der Waals surface area (Å²) in [7, 11) is 0. The Bertz CT molecular complexity index is 732. The van der Waals surface area contributed by atoms with Crippen LogP contribution in [0.5, 0.6) is 0 Å². The number of amides is 2. The van der Waals surface area contributed by atoms with Gasteiger partial charge in [-0.3, -0.25) is 9.59 Å². The van der Waals surface area contributed by atoms with Gasteiger partial charge < -0.3 is 14.3 Å². The summed E-state index contributed by atoms with van der Waals surface area (Å²) >= 11 is 0. The van der Waals surface area contributed by atoms with Crippen LogP contribution < -0.4 is 0 Å². The van der Waals surface area contributed by atoms with Crippen LogP contribution >= 0.6 is 0 Å². The average Bonchev–Trinajstić information content (AvgIpc) is 3.32. The van der Waals surface area contributed by atoms with Crippen molar-refractivity contribution in [1.82, 2.24) is 19.9 Å². The van der Waals surface area contributed by atoms with Crippen LogP contribution in [-0.4, -0.2) is 57.4 Å². The smallest absolute Gasteiger partial charge is 0.229 e. The van der Waals surface area contributed by atoms with Crippen molar-refractivity contribution in [2.45, 2.75) is 70.3 Å². The molecular formula is C21H30N4O3. The number of allylic oxidation sites excluding steroid dienone is 2. The molecule has 0 aromatic carbocycles. The summed E-state index contributed by atoms with van der Waals surface area (Å²) in [5.74, 6) is 2.22. The van der Waals surface area contributed by atoms with Crippen LogP contribution in [0.3, 0.4) is 0 Å². The minimum atomic E-state index is 0.0459. The predicted molar refractivity (Wildman–Crippen MR) is 103 cm³/mol. The van der Waals surface area contributed by atoms with Crippen LogP contribution in [0.25, 0.3) is 0 Å². The van der Waals surface area contributed by atoms with E-state index in [0.29, 0.717) is 31.3 Å². The van der Waals surface area contributed by atoms with Gasteiger partial charge in [-0.2, -0.15) is 4.98 Å². The van der Waals surface area contributed by atoms with Crippen molar-refractivity contribution in [1.29, 1.82) is 0 Å². The molecule has 2 aliphatic carbocycles. The lowest BCUT2D eigenvalue weighted by molar-refractivity contribution is -0.141. The van der Waals surface area contributed by atoms with E-state index in [0.717, 1.165) is 51.0 Å². The van der Waals surface area contributed by atoms with E-state index in [1.807, 2.05) is 9.80 Å². The minimum Gasteiger partial charge on any atom is -0.340 e. The van der Waals surface area contributed by atoms with Crippen LogP contribution in [0.1, 0.15) is 69.5 Å². The van der Waals surface area contributed by atoms with Gasteiger partial charge in [-0.15, -0.1) is 0 Å². The molecule has 152 valence electrons. The van der Waals surface area contributed by atoms with Crippen LogP contribution in [0.2, 0.25) is 0 Å². The van der Waals surface area contributed by atoms with Gasteiger partial charge in [0.2, 0.25) is 17.7 Å². The van der Waals surface area contributed by atoms with Crippen LogP contribution in [-0.2, 0) is 16.0 Å². The highest BCUT2D eigenvalue weighted by Gasteiger charge is 2.32. The zero-order chi connectivity index (χ0) is 19.5. The van der Waals surface area contributed by atoms with E-state index in [-0.39, 0.29) is 23.8 Å². The van der Waals surface area contributed by atoms with Gasteiger partial charge in [-0.1, -0.05) is 23.7 Å². The van der Waals surface area contributed by atoms with E-state index in [9.17, 15) is 9.59 Å². The summed E-state index contributed by atoms with van der Waals surface area (Å²) in [5, 5.41) is 4.10. The molecule has 7 nitrogen and oxygen atoms in total. The highest BCUT2D eigenvalue weighted by atomic mass is 16.5. The van der Waals surface area contributed by atoms with Gasteiger partial charge in [0.05, 0.1) is 0 Å². The Kier molecular flexibility index (Phi) is 5.78. The van der Waals surface area contributed by atoms with Gasteiger partial charge in [-0.25, -0.2) is 0 Å². The molecule has 3 aliphatic rings. The molecule has 1 unspecified atom stereocenters. The normalized spacial score (nSPS) is 23.0. The fourth-order valence-corrected chi connectivity index (χ4v) is 4.49. The summed E-state index contributed by atoms with van der Waals surface area (Å²) < 4.78 is 5.39. The number of aromatic nitrogens is 2. The highest BCUT2D eigenvalue weighted by molar-refractivity contribution is 5.80. The molecule has 1 saturated heterocycles. The number of carbonyl (C=O) groups excluding carboxylic acids is 2. The molecule has 2 fully saturated rings. The Labute approximate surface area is 166 Å². The number of hydrogen-bond donors (Lipinski definition) is 0. The zero-order valence-corrected chi connectivity index (χ0v) is 16.7. The van der Waals surface area contributed by atoms with Gasteiger partial charge >= 0.3 is 0 Å². The summed E-state index contributed by atoms with van der Waals surface area (Å²) in [6.07, 6.45) is 11.8. The van der Waals surface area contributed by atoms with E-state index in [2.05, 4.69) is 22.3 Å². The molecular weight excluding hydrogens is 356 g/mol. The number of rotatable bonds is 6. The topological polar surface area (TPSA) is 79.5 Å². The second-order valence-corrected chi connectivity index (χ2v) is 8.36. The van der Waals surface area contributed by atoms with Crippen molar-refractivity contribution in [2.75, 3.05) is 19.6 Å². The Balaban J connectivity index is 1.34. The first-order valence-electron chi connectivity index (χ1n) is 10.7. The summed E-state index contributed by atoms with van der Waals surface area (Å²) in [4.78, 5) is 33.5. The van der Waals surface area contributed by atoms with Gasteiger partial charge in [-0.05, 0) is 38.5 Å². The lowest BCUT2D eigenvalue weighted by Gasteiger charge is -2.39. The van der Waals surface area contributed by atoms with E-state index in [4.69, 9.17) is 4.52 Å². The van der Waals surface area contributed by atoms with Crippen LogP contribution in [0, 0.1) is 5.92 Å². The van der Waals surface area contributed by atoms with Crippen molar-refractivity contribution < 1.29 is 14.1 Å².